The van der Waals surface area contributed by atoms with Gasteiger partial charge in [-0.25, -0.2) is 4.39 Å². The lowest BCUT2D eigenvalue weighted by atomic mass is 10.1. The summed E-state index contributed by atoms with van der Waals surface area (Å²) in [7, 11) is 0. The molecule has 2 rings (SSSR count). The number of nitrogens with zero attached hydrogens (tertiary/aromatic N) is 1. The molecule has 106 valence electrons. The van der Waals surface area contributed by atoms with Crippen LogP contribution >= 0.6 is 11.8 Å². The number of hydrogen-bond acceptors (Lipinski definition) is 3. The summed E-state index contributed by atoms with van der Waals surface area (Å²) in [5, 5.41) is 3.93. The molecule has 0 aromatic heterocycles. The van der Waals surface area contributed by atoms with Crippen molar-refractivity contribution < 1.29 is 4.39 Å². The van der Waals surface area contributed by atoms with Crippen molar-refractivity contribution in [2.75, 3.05) is 30.3 Å². The molecule has 1 aromatic rings. The molecule has 1 unspecified atom stereocenters. The topological polar surface area (TPSA) is 15.3 Å². The first-order valence-electron chi connectivity index (χ1n) is 7.07. The molecule has 1 heterocycles. The van der Waals surface area contributed by atoms with E-state index in [4.69, 9.17) is 0 Å². The summed E-state index contributed by atoms with van der Waals surface area (Å²) >= 11 is 2.00. The minimum Gasteiger partial charge on any atom is -0.369 e. The van der Waals surface area contributed by atoms with Crippen molar-refractivity contribution in [3.63, 3.8) is 0 Å². The van der Waals surface area contributed by atoms with Gasteiger partial charge in [-0.05, 0) is 25.1 Å². The summed E-state index contributed by atoms with van der Waals surface area (Å²) in [5.41, 5.74) is 1.88. The summed E-state index contributed by atoms with van der Waals surface area (Å²) in [6.45, 7) is 7.94. The van der Waals surface area contributed by atoms with Crippen LogP contribution in [0, 0.1) is 5.82 Å². The first-order chi connectivity index (χ1) is 9.22. The van der Waals surface area contributed by atoms with Gasteiger partial charge in [0.25, 0.3) is 0 Å². The second-order valence-electron chi connectivity index (χ2n) is 5.04. The number of halogens is 1. The monoisotopic (exact) mass is 282 g/mol. The predicted octanol–water partition coefficient (Wildman–Crippen LogP) is 3.27. The molecule has 19 heavy (non-hydrogen) atoms. The third-order valence-corrected chi connectivity index (χ3v) is 4.54. The number of benzene rings is 1. The van der Waals surface area contributed by atoms with Crippen molar-refractivity contribution >= 4 is 17.4 Å². The Hall–Kier alpha value is -0.740. The summed E-state index contributed by atoms with van der Waals surface area (Å²) in [6.07, 6.45) is 1.07. The lowest BCUT2D eigenvalue weighted by molar-refractivity contribution is 0.584. The SMILES string of the molecule is CCCNCc1c(F)cccc1N1CCSC(C)C1. The van der Waals surface area contributed by atoms with Gasteiger partial charge in [0, 0.05) is 41.9 Å². The van der Waals surface area contributed by atoms with Crippen LogP contribution < -0.4 is 10.2 Å². The minimum atomic E-state index is -0.0908. The van der Waals surface area contributed by atoms with E-state index in [9.17, 15) is 4.39 Å². The number of rotatable bonds is 5. The standard InChI is InChI=1S/C15H23FN2S/c1-3-7-17-10-13-14(16)5-4-6-15(13)18-8-9-19-12(2)11-18/h4-6,12,17H,3,7-11H2,1-2H3. The Balaban J connectivity index is 2.16. The van der Waals surface area contributed by atoms with E-state index in [0.29, 0.717) is 11.8 Å². The smallest absolute Gasteiger partial charge is 0.129 e. The Morgan fingerprint density at radius 2 is 2.32 bits per heavy atom. The molecule has 1 aliphatic rings. The van der Waals surface area contributed by atoms with Crippen LogP contribution in [-0.2, 0) is 6.54 Å². The third-order valence-electron chi connectivity index (χ3n) is 3.40. The molecule has 0 spiro atoms. The maximum Gasteiger partial charge on any atom is 0.129 e. The fraction of sp³-hybridized carbons (Fsp3) is 0.600. The Morgan fingerprint density at radius 3 is 3.05 bits per heavy atom. The Morgan fingerprint density at radius 1 is 1.47 bits per heavy atom. The van der Waals surface area contributed by atoms with E-state index in [2.05, 4.69) is 30.1 Å². The molecular formula is C15H23FN2S. The second kappa shape index (κ2) is 7.15. The van der Waals surface area contributed by atoms with E-state index in [1.165, 1.54) is 0 Å². The summed E-state index contributed by atoms with van der Waals surface area (Å²) in [6, 6.07) is 5.43. The predicted molar refractivity (Wildman–Crippen MR) is 82.5 cm³/mol. The summed E-state index contributed by atoms with van der Waals surface area (Å²) in [5.74, 6) is 1.03. The lowest BCUT2D eigenvalue weighted by Gasteiger charge is -2.34. The van der Waals surface area contributed by atoms with E-state index in [-0.39, 0.29) is 5.82 Å². The molecule has 0 amide bonds. The molecule has 2 nitrogen and oxygen atoms in total. The average molecular weight is 282 g/mol. The van der Waals surface area contributed by atoms with Gasteiger partial charge in [0.2, 0.25) is 0 Å². The molecule has 0 radical (unpaired) electrons. The quantitative estimate of drug-likeness (QED) is 0.835. The molecule has 1 N–H and O–H groups in total. The molecule has 0 bridgehead atoms. The van der Waals surface area contributed by atoms with Gasteiger partial charge in [0.1, 0.15) is 5.82 Å². The van der Waals surface area contributed by atoms with Gasteiger partial charge in [-0.3, -0.25) is 0 Å². The van der Waals surface area contributed by atoms with Gasteiger partial charge < -0.3 is 10.2 Å². The Bertz CT molecular complexity index is 411. The summed E-state index contributed by atoms with van der Waals surface area (Å²) < 4.78 is 14.1. The molecule has 1 fully saturated rings. The molecule has 1 saturated heterocycles. The van der Waals surface area contributed by atoms with Crippen molar-refractivity contribution in [3.8, 4) is 0 Å². The molecule has 4 heteroatoms. The molecular weight excluding hydrogens is 259 g/mol. The highest BCUT2D eigenvalue weighted by Crippen LogP contribution is 2.28. The van der Waals surface area contributed by atoms with Crippen molar-refractivity contribution in [3.05, 3.63) is 29.6 Å². The van der Waals surface area contributed by atoms with Crippen LogP contribution in [0.2, 0.25) is 0 Å². The molecule has 1 aliphatic heterocycles. The third kappa shape index (κ3) is 3.86. The highest BCUT2D eigenvalue weighted by atomic mass is 32.2. The van der Waals surface area contributed by atoms with Crippen LogP contribution in [-0.4, -0.2) is 30.6 Å². The number of hydrogen-bond donors (Lipinski definition) is 1. The fourth-order valence-electron chi connectivity index (χ4n) is 2.45. The molecule has 1 aromatic carbocycles. The molecule has 1 atom stereocenters. The van der Waals surface area contributed by atoms with Gasteiger partial charge >= 0.3 is 0 Å². The van der Waals surface area contributed by atoms with Crippen LogP contribution in [0.3, 0.4) is 0 Å². The maximum absolute atomic E-state index is 14.1. The summed E-state index contributed by atoms with van der Waals surface area (Å²) in [4.78, 5) is 2.33. The van der Waals surface area contributed by atoms with E-state index < -0.39 is 0 Å². The van der Waals surface area contributed by atoms with Crippen molar-refractivity contribution in [2.24, 2.45) is 0 Å². The van der Waals surface area contributed by atoms with Crippen molar-refractivity contribution in [1.29, 1.82) is 0 Å². The van der Waals surface area contributed by atoms with Gasteiger partial charge in [0.05, 0.1) is 0 Å². The van der Waals surface area contributed by atoms with E-state index in [0.717, 1.165) is 43.1 Å². The first kappa shape index (κ1) is 14.7. The highest BCUT2D eigenvalue weighted by Gasteiger charge is 2.20. The number of anilines is 1. The largest absolute Gasteiger partial charge is 0.369 e. The first-order valence-corrected chi connectivity index (χ1v) is 8.12. The number of nitrogens with one attached hydrogen (secondary N) is 1. The van der Waals surface area contributed by atoms with E-state index >= 15 is 0 Å². The molecule has 0 saturated carbocycles. The van der Waals surface area contributed by atoms with Gasteiger partial charge in [-0.15, -0.1) is 0 Å². The van der Waals surface area contributed by atoms with Crippen LogP contribution in [0.25, 0.3) is 0 Å². The van der Waals surface area contributed by atoms with Crippen LogP contribution in [0.15, 0.2) is 18.2 Å². The zero-order valence-corrected chi connectivity index (χ0v) is 12.6. The zero-order valence-electron chi connectivity index (χ0n) is 11.8. The second-order valence-corrected chi connectivity index (χ2v) is 6.59. The van der Waals surface area contributed by atoms with Crippen LogP contribution in [0.5, 0.6) is 0 Å². The Kier molecular flexibility index (Phi) is 5.52. The number of thioether (sulfide) groups is 1. The Labute approximate surface area is 119 Å². The van der Waals surface area contributed by atoms with Gasteiger partial charge in [-0.2, -0.15) is 11.8 Å². The van der Waals surface area contributed by atoms with Crippen LogP contribution in [0.1, 0.15) is 25.8 Å². The molecule has 0 aliphatic carbocycles. The zero-order chi connectivity index (χ0) is 13.7. The normalized spacial score (nSPS) is 19.7. The van der Waals surface area contributed by atoms with E-state index in [1.54, 1.807) is 6.07 Å². The highest BCUT2D eigenvalue weighted by molar-refractivity contribution is 8.00. The lowest BCUT2D eigenvalue weighted by Crippen LogP contribution is -2.37. The van der Waals surface area contributed by atoms with Crippen molar-refractivity contribution in [2.45, 2.75) is 32.1 Å². The van der Waals surface area contributed by atoms with Gasteiger partial charge in [0.15, 0.2) is 0 Å². The average Bonchev–Trinajstić information content (AvgIpc) is 2.41. The van der Waals surface area contributed by atoms with Gasteiger partial charge in [-0.1, -0.05) is 19.9 Å². The maximum atomic E-state index is 14.1. The minimum absolute atomic E-state index is 0.0908. The van der Waals surface area contributed by atoms with Crippen molar-refractivity contribution in [1.82, 2.24) is 5.32 Å². The fourth-order valence-corrected chi connectivity index (χ4v) is 3.46. The van der Waals surface area contributed by atoms with E-state index in [1.807, 2.05) is 17.8 Å². The van der Waals surface area contributed by atoms with Crippen LogP contribution in [0.4, 0.5) is 10.1 Å².